The fraction of sp³-hybridized carbons (Fsp3) is 0. The zero-order chi connectivity index (χ0) is 95.6. The molecule has 8 aromatic heterocycles. The van der Waals surface area contributed by atoms with Crippen molar-refractivity contribution in [3.8, 4) is 134 Å². The minimum absolute atomic E-state index is 0.977. The van der Waals surface area contributed by atoms with Crippen molar-refractivity contribution in [1.29, 1.82) is 0 Å². The van der Waals surface area contributed by atoms with E-state index in [1.807, 2.05) is 73.7 Å². The Morgan fingerprint density at radius 2 is 0.403 bits per heavy atom. The number of aromatic nitrogens is 8. The topological polar surface area (TPSA) is 103 Å². The van der Waals surface area contributed by atoms with E-state index in [-0.39, 0.29) is 0 Å². The largest absolute Gasteiger partial charge is 0.264 e. The second-order valence-electron chi connectivity index (χ2n) is 36.3. The summed E-state index contributed by atoms with van der Waals surface area (Å²) in [6, 6.07) is 173. The van der Waals surface area contributed by atoms with E-state index in [9.17, 15) is 0 Å². The number of pyridine rings is 8. The molecule has 8 heterocycles. The third-order valence-electron chi connectivity index (χ3n) is 27.7. The normalized spacial score (nSPS) is 11.3. The highest BCUT2D eigenvalue weighted by molar-refractivity contribution is 6.19. The Kier molecular flexibility index (Phi) is 22.9. The molecule has 672 valence electrons. The molecule has 0 N–H and O–H groups in total. The molecule has 0 saturated heterocycles. The van der Waals surface area contributed by atoms with Gasteiger partial charge >= 0.3 is 0 Å². The van der Waals surface area contributed by atoms with E-state index in [4.69, 9.17) is 24.9 Å². The first kappa shape index (κ1) is 86.3. The first-order chi connectivity index (χ1) is 71.4. The molecule has 0 amide bonds. The number of hydrogen-bond donors (Lipinski definition) is 0. The van der Waals surface area contributed by atoms with Crippen LogP contribution >= 0.6 is 0 Å². The van der Waals surface area contributed by atoms with E-state index in [1.54, 1.807) is 0 Å². The number of benzene rings is 20. The lowest BCUT2D eigenvalue weighted by Crippen LogP contribution is -1.92. The minimum atomic E-state index is 0.977. The summed E-state index contributed by atoms with van der Waals surface area (Å²) in [6.07, 6.45) is 13.4. The minimum Gasteiger partial charge on any atom is -0.264 e. The van der Waals surface area contributed by atoms with Gasteiger partial charge in [-0.2, -0.15) is 0 Å². The summed E-state index contributed by atoms with van der Waals surface area (Å²) in [6.45, 7) is 0. The lowest BCUT2D eigenvalue weighted by Gasteiger charge is -2.14. The Morgan fingerprint density at radius 3 is 0.812 bits per heavy atom. The van der Waals surface area contributed by atoms with Crippen LogP contribution in [0.4, 0.5) is 0 Å². The number of rotatable bonds is 12. The highest BCUT2D eigenvalue weighted by Gasteiger charge is 2.22. The highest BCUT2D eigenvalue weighted by atomic mass is 14.7. The van der Waals surface area contributed by atoms with Gasteiger partial charge in [0.1, 0.15) is 0 Å². The Balaban J connectivity index is 0.000000101. The van der Waals surface area contributed by atoms with Crippen molar-refractivity contribution >= 4 is 130 Å². The molecule has 28 aromatic rings. The van der Waals surface area contributed by atoms with Crippen molar-refractivity contribution in [2.24, 2.45) is 0 Å². The van der Waals surface area contributed by atoms with Gasteiger partial charge in [-0.05, 0) is 228 Å². The first-order valence-corrected chi connectivity index (χ1v) is 48.7. The standard InChI is InChI=1S/4C34H22N2/c1-2-10-24(11-3-1)33-20-30(34-29-16-7-4-9-23(29)17-18-32(34)36-33)25-13-8-14-26(19-25)31-22-35-21-27-12-5-6-15-28(27)31;1-2-10-24(11-3-1)32-22-30(33-28-16-5-4-9-23(28)18-19-31(33)36-32)27-14-6-13-26(21-27)29-17-7-12-25-15-8-20-35-34(25)29;1-2-9-25(10-3-1)33-21-30(34-29-14-5-4-8-23(29)16-17-32(34)36-33)27-13-6-12-26(20-27)28-15-7-11-24-18-19-35-22-31(24)28;1-2-9-24(10-3-1)33-21-31(34-30-14-5-4-8-23(30)16-17-32(34)36-33)26-12-6-11-25(20-26)28-15-7-13-27-22-35-19-18-29(27)28/h4*1-22H. The van der Waals surface area contributed by atoms with Crippen LogP contribution < -0.4 is 0 Å². The number of hydrogen-bond acceptors (Lipinski definition) is 8. The van der Waals surface area contributed by atoms with E-state index in [2.05, 4.69) is 476 Å². The second-order valence-corrected chi connectivity index (χ2v) is 36.3. The van der Waals surface area contributed by atoms with E-state index >= 15 is 0 Å². The summed E-state index contributed by atoms with van der Waals surface area (Å²) in [4.78, 5) is 38.3. The zero-order valence-electron chi connectivity index (χ0n) is 78.4. The van der Waals surface area contributed by atoms with Crippen LogP contribution in [0.2, 0.25) is 0 Å². The maximum atomic E-state index is 5.10. The van der Waals surface area contributed by atoms with Gasteiger partial charge in [-0.25, -0.2) is 19.9 Å². The van der Waals surface area contributed by atoms with Crippen LogP contribution in [0.25, 0.3) is 264 Å². The van der Waals surface area contributed by atoms with Gasteiger partial charge in [0, 0.05) is 120 Å². The molecule has 8 nitrogen and oxygen atoms in total. The zero-order valence-corrected chi connectivity index (χ0v) is 78.4. The molecular formula is C136H88N8. The molecule has 0 aliphatic heterocycles. The van der Waals surface area contributed by atoms with Crippen LogP contribution in [-0.2, 0) is 0 Å². The summed E-state index contributed by atoms with van der Waals surface area (Å²) in [7, 11) is 0. The summed E-state index contributed by atoms with van der Waals surface area (Å²) in [5.74, 6) is 0. The SMILES string of the molecule is c1ccc(-c2cc(-c3cccc(-c4cccc5cccnc45)c3)c3c(ccc4ccccc43)n2)cc1.c1ccc(-c2cc(-c3cccc(-c4cccc5ccncc45)c3)c3c(ccc4ccccc43)n2)cc1.c1ccc(-c2cc(-c3cccc(-c4cccc5cnccc45)c3)c3c(ccc4ccccc43)n2)cc1.c1ccc(-c2cc(-c3cccc(-c4cncc5ccccc45)c3)c3c(ccc4ccccc43)n2)cc1. The smallest absolute Gasteiger partial charge is 0.0780 e. The molecule has 0 aliphatic carbocycles. The van der Waals surface area contributed by atoms with Crippen LogP contribution in [0.3, 0.4) is 0 Å². The molecular weight excluding hydrogens is 1750 g/mol. The van der Waals surface area contributed by atoms with Crippen molar-refractivity contribution in [3.63, 3.8) is 0 Å². The van der Waals surface area contributed by atoms with Crippen LogP contribution in [0.5, 0.6) is 0 Å². The fourth-order valence-electron chi connectivity index (χ4n) is 20.8. The molecule has 28 rings (SSSR count). The summed E-state index contributed by atoms with van der Waals surface area (Å²) in [5.41, 5.74) is 32.2. The second kappa shape index (κ2) is 38.2. The maximum Gasteiger partial charge on any atom is 0.0780 e. The molecule has 144 heavy (non-hydrogen) atoms. The Bertz CT molecular complexity index is 8650. The molecule has 0 spiro atoms. The number of fused-ring (bicyclic) bond motifs is 16. The van der Waals surface area contributed by atoms with E-state index in [0.717, 1.165) is 116 Å². The van der Waals surface area contributed by atoms with Crippen molar-refractivity contribution in [3.05, 3.63) is 535 Å². The molecule has 0 atom stereocenters. The van der Waals surface area contributed by atoms with Gasteiger partial charge in [0.25, 0.3) is 0 Å². The van der Waals surface area contributed by atoms with Gasteiger partial charge in [0.2, 0.25) is 0 Å². The highest BCUT2D eigenvalue weighted by Crippen LogP contribution is 2.46. The van der Waals surface area contributed by atoms with Gasteiger partial charge in [0.05, 0.1) is 50.4 Å². The summed E-state index contributed by atoms with van der Waals surface area (Å²) < 4.78 is 0. The predicted molar refractivity (Wildman–Crippen MR) is 603 cm³/mol. The van der Waals surface area contributed by atoms with Crippen molar-refractivity contribution in [1.82, 2.24) is 39.9 Å². The predicted octanol–water partition coefficient (Wildman–Crippen LogP) is 35.7. The molecule has 0 unspecified atom stereocenters. The molecule has 0 bridgehead atoms. The monoisotopic (exact) mass is 1830 g/mol. The number of nitrogens with zero attached hydrogens (tertiary/aromatic N) is 8. The maximum absolute atomic E-state index is 5.10. The van der Waals surface area contributed by atoms with Crippen LogP contribution in [-0.4, -0.2) is 39.9 Å². The lowest BCUT2D eigenvalue weighted by atomic mass is 9.92. The molecule has 20 aromatic carbocycles. The third kappa shape index (κ3) is 16.8. The van der Waals surface area contributed by atoms with Crippen molar-refractivity contribution < 1.29 is 0 Å². The molecule has 0 radical (unpaired) electrons. The first-order valence-electron chi connectivity index (χ1n) is 48.7. The van der Waals surface area contributed by atoms with Gasteiger partial charge in [-0.3, -0.25) is 19.9 Å². The number of para-hydroxylation sites is 1. The summed E-state index contributed by atoms with van der Waals surface area (Å²) in [5, 5.41) is 22.7. The third-order valence-corrected chi connectivity index (χ3v) is 27.7. The average molecular weight is 1830 g/mol. The van der Waals surface area contributed by atoms with E-state index < -0.39 is 0 Å². The van der Waals surface area contributed by atoms with Crippen LogP contribution in [0.1, 0.15) is 0 Å². The summed E-state index contributed by atoms with van der Waals surface area (Å²) >= 11 is 0. The van der Waals surface area contributed by atoms with Crippen molar-refractivity contribution in [2.75, 3.05) is 0 Å². The molecule has 0 aliphatic rings. The molecule has 8 heteroatoms. The Labute approximate surface area is 832 Å². The van der Waals surface area contributed by atoms with Crippen LogP contribution in [0, 0.1) is 0 Å². The molecule has 0 fully saturated rings. The average Bonchev–Trinajstić information content (AvgIpc) is 0.757. The van der Waals surface area contributed by atoms with Gasteiger partial charge < -0.3 is 0 Å². The van der Waals surface area contributed by atoms with Crippen LogP contribution in [0.15, 0.2) is 535 Å². The van der Waals surface area contributed by atoms with Gasteiger partial charge in [-0.1, -0.05) is 400 Å². The fourth-order valence-corrected chi connectivity index (χ4v) is 20.8. The van der Waals surface area contributed by atoms with Gasteiger partial charge in [-0.15, -0.1) is 0 Å². The van der Waals surface area contributed by atoms with E-state index in [1.165, 1.54) is 148 Å². The lowest BCUT2D eigenvalue weighted by molar-refractivity contribution is 1.36. The Hall–Kier alpha value is -19.3. The van der Waals surface area contributed by atoms with Crippen molar-refractivity contribution in [2.45, 2.75) is 0 Å². The Morgan fingerprint density at radius 1 is 0.132 bits per heavy atom. The molecule has 0 saturated carbocycles. The van der Waals surface area contributed by atoms with E-state index in [0.29, 0.717) is 0 Å². The van der Waals surface area contributed by atoms with Gasteiger partial charge in [0.15, 0.2) is 0 Å². The quantitative estimate of drug-likeness (QED) is 0.111.